The highest BCUT2D eigenvalue weighted by Gasteiger charge is 2.33. The van der Waals surface area contributed by atoms with E-state index in [0.717, 1.165) is 5.56 Å². The van der Waals surface area contributed by atoms with E-state index >= 15 is 0 Å². The van der Waals surface area contributed by atoms with E-state index in [1.165, 1.54) is 16.7 Å². The molecule has 3 rings (SSSR count). The number of hydrogen-bond donors (Lipinski definition) is 1. The van der Waals surface area contributed by atoms with Gasteiger partial charge in [-0.15, -0.1) is 0 Å². The topological polar surface area (TPSA) is 75.7 Å². The molecule has 2 aromatic rings. The molecule has 0 aliphatic carbocycles. The number of thiocarbonyl (C=S) groups is 1. The van der Waals surface area contributed by atoms with Gasteiger partial charge in [0.25, 0.3) is 5.91 Å². The minimum absolute atomic E-state index is 0.184. The lowest BCUT2D eigenvalue weighted by molar-refractivity contribution is -0.126. The van der Waals surface area contributed by atoms with Crippen molar-refractivity contribution < 1.29 is 19.1 Å². The molecule has 1 saturated heterocycles. The van der Waals surface area contributed by atoms with E-state index in [9.17, 15) is 14.4 Å². The lowest BCUT2D eigenvalue weighted by Crippen LogP contribution is -2.36. The van der Waals surface area contributed by atoms with Crippen molar-refractivity contribution in [3.63, 3.8) is 0 Å². The molecule has 0 unspecified atom stereocenters. The Hall–Kier alpha value is -2.97. The lowest BCUT2D eigenvalue weighted by atomic mass is 10.2. The van der Waals surface area contributed by atoms with E-state index in [1.54, 1.807) is 37.3 Å². The molecule has 1 fully saturated rings. The SMILES string of the molecule is CCOC(=O)c1ccc(NC(=O)CN2C(=O)/C(=C\c3ccccc3)SC2=S)cc1. The second-order valence-corrected chi connectivity index (χ2v) is 7.70. The van der Waals surface area contributed by atoms with Crippen LogP contribution in [0.5, 0.6) is 0 Å². The number of carbonyl (C=O) groups is 3. The Morgan fingerprint density at radius 3 is 2.48 bits per heavy atom. The number of rotatable bonds is 6. The minimum atomic E-state index is -0.423. The number of esters is 1. The summed E-state index contributed by atoms with van der Waals surface area (Å²) in [4.78, 5) is 38.4. The number of thioether (sulfide) groups is 1. The summed E-state index contributed by atoms with van der Waals surface area (Å²) in [6, 6.07) is 15.8. The van der Waals surface area contributed by atoms with Gasteiger partial charge in [-0.2, -0.15) is 0 Å². The van der Waals surface area contributed by atoms with Crippen LogP contribution in [0.2, 0.25) is 0 Å². The van der Waals surface area contributed by atoms with Crippen molar-refractivity contribution in [2.45, 2.75) is 6.92 Å². The zero-order valence-electron chi connectivity index (χ0n) is 15.6. The van der Waals surface area contributed by atoms with Crippen molar-refractivity contribution >= 4 is 57.8 Å². The molecule has 0 saturated carbocycles. The molecule has 1 aliphatic rings. The van der Waals surface area contributed by atoms with Gasteiger partial charge in [0.2, 0.25) is 5.91 Å². The summed E-state index contributed by atoms with van der Waals surface area (Å²) in [7, 11) is 0. The summed E-state index contributed by atoms with van der Waals surface area (Å²) in [6.07, 6.45) is 1.76. The first kappa shape index (κ1) is 20.8. The summed E-state index contributed by atoms with van der Waals surface area (Å²) in [5.74, 6) is -1.10. The first-order valence-electron chi connectivity index (χ1n) is 8.85. The Balaban J connectivity index is 1.62. The van der Waals surface area contributed by atoms with Crippen LogP contribution in [0.4, 0.5) is 5.69 Å². The number of nitrogens with zero attached hydrogens (tertiary/aromatic N) is 1. The summed E-state index contributed by atoms with van der Waals surface area (Å²) >= 11 is 6.43. The first-order valence-corrected chi connectivity index (χ1v) is 10.1. The molecule has 29 heavy (non-hydrogen) atoms. The number of benzene rings is 2. The predicted octanol–water partition coefficient (Wildman–Crippen LogP) is 3.70. The van der Waals surface area contributed by atoms with Gasteiger partial charge in [0, 0.05) is 5.69 Å². The molecule has 1 aliphatic heterocycles. The molecule has 8 heteroatoms. The van der Waals surface area contributed by atoms with Crippen LogP contribution in [0, 0.1) is 0 Å². The van der Waals surface area contributed by atoms with E-state index in [-0.39, 0.29) is 18.4 Å². The van der Waals surface area contributed by atoms with Gasteiger partial charge in [0.15, 0.2) is 0 Å². The molecule has 0 bridgehead atoms. The third kappa shape index (κ3) is 5.30. The molecule has 1 N–H and O–H groups in total. The Labute approximate surface area is 177 Å². The number of nitrogens with one attached hydrogen (secondary N) is 1. The molecule has 0 spiro atoms. The third-order valence-electron chi connectivity index (χ3n) is 3.95. The highest BCUT2D eigenvalue weighted by atomic mass is 32.2. The molecular weight excluding hydrogens is 408 g/mol. The molecular formula is C21H18N2O4S2. The van der Waals surface area contributed by atoms with Gasteiger partial charge >= 0.3 is 5.97 Å². The smallest absolute Gasteiger partial charge is 0.338 e. The summed E-state index contributed by atoms with van der Waals surface area (Å²) in [6.45, 7) is 1.84. The Morgan fingerprint density at radius 2 is 1.83 bits per heavy atom. The average molecular weight is 427 g/mol. The minimum Gasteiger partial charge on any atom is -0.462 e. The van der Waals surface area contributed by atoms with Crippen LogP contribution in [0.1, 0.15) is 22.8 Å². The molecule has 0 aromatic heterocycles. The van der Waals surface area contributed by atoms with E-state index in [0.29, 0.717) is 27.1 Å². The normalized spacial score (nSPS) is 14.9. The van der Waals surface area contributed by atoms with Crippen molar-refractivity contribution in [3.8, 4) is 0 Å². The van der Waals surface area contributed by atoms with Crippen LogP contribution in [-0.4, -0.2) is 40.2 Å². The highest BCUT2D eigenvalue weighted by molar-refractivity contribution is 8.26. The van der Waals surface area contributed by atoms with Crippen molar-refractivity contribution in [1.82, 2.24) is 4.90 Å². The Bertz CT molecular complexity index is 972. The second kappa shape index (κ2) is 9.49. The van der Waals surface area contributed by atoms with E-state index in [2.05, 4.69) is 5.32 Å². The molecule has 0 radical (unpaired) electrons. The van der Waals surface area contributed by atoms with Crippen molar-refractivity contribution in [1.29, 1.82) is 0 Å². The molecule has 1 heterocycles. The lowest BCUT2D eigenvalue weighted by Gasteiger charge is -2.14. The maximum Gasteiger partial charge on any atom is 0.338 e. The highest BCUT2D eigenvalue weighted by Crippen LogP contribution is 2.32. The maximum absolute atomic E-state index is 12.6. The zero-order valence-corrected chi connectivity index (χ0v) is 17.2. The fourth-order valence-corrected chi connectivity index (χ4v) is 3.84. The van der Waals surface area contributed by atoms with E-state index in [4.69, 9.17) is 17.0 Å². The van der Waals surface area contributed by atoms with Crippen LogP contribution >= 0.6 is 24.0 Å². The summed E-state index contributed by atoms with van der Waals surface area (Å²) in [5.41, 5.74) is 1.79. The standard InChI is InChI=1S/C21H18N2O4S2/c1-2-27-20(26)15-8-10-16(11-9-15)22-18(24)13-23-19(25)17(29-21(23)28)12-14-6-4-3-5-7-14/h3-12H,2,13H2,1H3,(H,22,24)/b17-12+. The number of hydrogen-bond acceptors (Lipinski definition) is 6. The van der Waals surface area contributed by atoms with E-state index < -0.39 is 5.97 Å². The zero-order chi connectivity index (χ0) is 20.8. The molecule has 0 atom stereocenters. The fourth-order valence-electron chi connectivity index (χ4n) is 2.59. The van der Waals surface area contributed by atoms with Gasteiger partial charge in [-0.3, -0.25) is 14.5 Å². The van der Waals surface area contributed by atoms with Gasteiger partial charge in [-0.1, -0.05) is 54.3 Å². The summed E-state index contributed by atoms with van der Waals surface area (Å²) < 4.78 is 5.26. The number of amides is 2. The monoisotopic (exact) mass is 426 g/mol. The van der Waals surface area contributed by atoms with Gasteiger partial charge < -0.3 is 10.1 Å². The molecule has 2 amide bonds. The maximum atomic E-state index is 12.6. The van der Waals surface area contributed by atoms with Crippen LogP contribution < -0.4 is 5.32 Å². The molecule has 148 valence electrons. The van der Waals surface area contributed by atoms with Crippen molar-refractivity contribution in [2.75, 3.05) is 18.5 Å². The van der Waals surface area contributed by atoms with Crippen LogP contribution in [-0.2, 0) is 14.3 Å². The fraction of sp³-hybridized carbons (Fsp3) is 0.143. The third-order valence-corrected chi connectivity index (χ3v) is 5.33. The summed E-state index contributed by atoms with van der Waals surface area (Å²) in [5, 5.41) is 2.70. The van der Waals surface area contributed by atoms with Crippen LogP contribution in [0.15, 0.2) is 59.5 Å². The molecule has 6 nitrogen and oxygen atoms in total. The van der Waals surface area contributed by atoms with Crippen LogP contribution in [0.3, 0.4) is 0 Å². The van der Waals surface area contributed by atoms with Gasteiger partial charge in [-0.05, 0) is 42.8 Å². The van der Waals surface area contributed by atoms with Crippen LogP contribution in [0.25, 0.3) is 6.08 Å². The van der Waals surface area contributed by atoms with Crippen molar-refractivity contribution in [2.24, 2.45) is 0 Å². The van der Waals surface area contributed by atoms with Gasteiger partial charge in [-0.25, -0.2) is 4.79 Å². The molecule has 2 aromatic carbocycles. The quantitative estimate of drug-likeness (QED) is 0.431. The number of ether oxygens (including phenoxy) is 1. The second-order valence-electron chi connectivity index (χ2n) is 6.02. The largest absolute Gasteiger partial charge is 0.462 e. The van der Waals surface area contributed by atoms with Crippen molar-refractivity contribution in [3.05, 3.63) is 70.6 Å². The van der Waals surface area contributed by atoms with Gasteiger partial charge in [0.05, 0.1) is 17.1 Å². The average Bonchev–Trinajstić information content (AvgIpc) is 2.97. The van der Waals surface area contributed by atoms with Gasteiger partial charge in [0.1, 0.15) is 10.9 Å². The number of carbonyl (C=O) groups excluding carboxylic acids is 3. The first-order chi connectivity index (χ1) is 14.0. The Morgan fingerprint density at radius 1 is 1.14 bits per heavy atom. The Kier molecular flexibility index (Phi) is 6.79. The predicted molar refractivity (Wildman–Crippen MR) is 117 cm³/mol. The van der Waals surface area contributed by atoms with E-state index in [1.807, 2.05) is 30.3 Å². The number of anilines is 1.